The van der Waals surface area contributed by atoms with Crippen molar-refractivity contribution in [2.45, 2.75) is 19.5 Å². The number of nitrogens with one attached hydrogen (secondary N) is 2. The van der Waals surface area contributed by atoms with Gasteiger partial charge in [-0.1, -0.05) is 6.07 Å². The Kier molecular flexibility index (Phi) is 7.60. The van der Waals surface area contributed by atoms with E-state index in [1.54, 1.807) is 6.20 Å². The summed E-state index contributed by atoms with van der Waals surface area (Å²) in [6, 6.07) is 3.58. The highest BCUT2D eigenvalue weighted by Gasteiger charge is 2.15. The number of benzene rings is 1. The molecule has 3 heterocycles. The summed E-state index contributed by atoms with van der Waals surface area (Å²) in [5, 5.41) is 10.1. The van der Waals surface area contributed by atoms with E-state index in [1.165, 1.54) is 12.3 Å². The first kappa shape index (κ1) is 23.5. The number of rotatable bonds is 10. The Morgan fingerprint density at radius 2 is 1.91 bits per heavy atom. The number of ether oxygens (including phenoxy) is 1. The zero-order valence-corrected chi connectivity index (χ0v) is 18.5. The lowest BCUT2D eigenvalue weighted by molar-refractivity contribution is 0.0368. The third kappa shape index (κ3) is 6.02. The summed E-state index contributed by atoms with van der Waals surface area (Å²) in [6.07, 6.45) is 5.67. The molecule has 34 heavy (non-hydrogen) atoms. The first-order valence-corrected chi connectivity index (χ1v) is 10.9. The number of morpholine rings is 1. The summed E-state index contributed by atoms with van der Waals surface area (Å²) in [4.78, 5) is 22.5. The molecule has 0 unspecified atom stereocenters. The molecular weight excluding hydrogens is 446 g/mol. The monoisotopic (exact) mass is 472 g/mol. The van der Waals surface area contributed by atoms with E-state index < -0.39 is 17.5 Å². The van der Waals surface area contributed by atoms with Crippen molar-refractivity contribution in [2.75, 3.05) is 43.5 Å². The number of anilines is 3. The molecule has 1 amide bonds. The van der Waals surface area contributed by atoms with E-state index in [-0.39, 0.29) is 29.4 Å². The normalized spacial score (nSPS) is 14.2. The van der Waals surface area contributed by atoms with Gasteiger partial charge in [0.1, 0.15) is 17.5 Å². The number of hydrogen-bond acceptors (Lipinski definition) is 8. The molecule has 12 heteroatoms. The van der Waals surface area contributed by atoms with Gasteiger partial charge in [-0.3, -0.25) is 14.4 Å². The van der Waals surface area contributed by atoms with Crippen LogP contribution in [0.15, 0.2) is 36.8 Å². The van der Waals surface area contributed by atoms with Crippen molar-refractivity contribution in [1.29, 1.82) is 0 Å². The number of aryl methyl sites for hydroxylation is 1. The molecule has 3 aromatic rings. The van der Waals surface area contributed by atoms with Crippen LogP contribution >= 0.6 is 0 Å². The topological polar surface area (TPSA) is 123 Å². The van der Waals surface area contributed by atoms with Crippen molar-refractivity contribution in [3.63, 3.8) is 0 Å². The smallest absolute Gasteiger partial charge is 0.254 e. The average Bonchev–Trinajstić information content (AvgIpc) is 3.26. The van der Waals surface area contributed by atoms with Gasteiger partial charge in [-0.05, 0) is 18.6 Å². The van der Waals surface area contributed by atoms with Gasteiger partial charge in [-0.2, -0.15) is 10.1 Å². The lowest BCUT2D eigenvalue weighted by atomic mass is 10.2. The number of carbonyl (C=O) groups excluding carboxylic acids is 1. The number of primary amides is 1. The molecule has 0 radical (unpaired) electrons. The van der Waals surface area contributed by atoms with Crippen LogP contribution in [0.2, 0.25) is 0 Å². The standard InChI is InChI=1S/C22H26F2N8O2/c23-18-3-1-4-19(24)16(18)12-26-21-17(20(25)33)13-27-22(30-21)29-15-11-28-32(14-15)6-2-5-31-7-9-34-10-8-31/h1,3-4,11,13-14H,2,5-10,12H2,(H2,25,33)(H2,26,27,29,30). The minimum absolute atomic E-state index is 0.00102. The van der Waals surface area contributed by atoms with Gasteiger partial charge in [0.05, 0.1) is 30.7 Å². The molecule has 1 aliphatic rings. The van der Waals surface area contributed by atoms with E-state index in [9.17, 15) is 13.6 Å². The highest BCUT2D eigenvalue weighted by Crippen LogP contribution is 2.19. The van der Waals surface area contributed by atoms with Crippen LogP contribution in [0.5, 0.6) is 0 Å². The van der Waals surface area contributed by atoms with Crippen LogP contribution in [0, 0.1) is 11.6 Å². The van der Waals surface area contributed by atoms with Crippen LogP contribution in [-0.2, 0) is 17.8 Å². The van der Waals surface area contributed by atoms with Crippen molar-refractivity contribution in [3.8, 4) is 0 Å². The molecule has 2 aromatic heterocycles. The molecule has 4 N–H and O–H groups in total. The Balaban J connectivity index is 1.39. The number of carbonyl (C=O) groups is 1. The lowest BCUT2D eigenvalue weighted by Gasteiger charge is -2.26. The van der Waals surface area contributed by atoms with Gasteiger partial charge in [-0.15, -0.1) is 0 Å². The molecule has 180 valence electrons. The van der Waals surface area contributed by atoms with Gasteiger partial charge >= 0.3 is 0 Å². The molecule has 0 spiro atoms. The first-order valence-electron chi connectivity index (χ1n) is 10.9. The number of hydrogen-bond donors (Lipinski definition) is 3. The summed E-state index contributed by atoms with van der Waals surface area (Å²) in [7, 11) is 0. The number of nitrogens with zero attached hydrogens (tertiary/aromatic N) is 5. The molecule has 1 fully saturated rings. The van der Waals surface area contributed by atoms with Gasteiger partial charge in [0.25, 0.3) is 5.91 Å². The number of amides is 1. The van der Waals surface area contributed by atoms with Crippen molar-refractivity contribution in [2.24, 2.45) is 5.73 Å². The molecule has 1 saturated heterocycles. The predicted octanol–water partition coefficient (Wildman–Crippen LogP) is 2.13. The van der Waals surface area contributed by atoms with E-state index in [1.807, 2.05) is 10.9 Å². The Morgan fingerprint density at radius 3 is 2.65 bits per heavy atom. The molecule has 0 aliphatic carbocycles. The molecular formula is C22H26F2N8O2. The third-order valence-corrected chi connectivity index (χ3v) is 5.40. The molecule has 0 atom stereocenters. The fourth-order valence-electron chi connectivity index (χ4n) is 3.59. The quantitative estimate of drug-likeness (QED) is 0.410. The van der Waals surface area contributed by atoms with Crippen LogP contribution in [0.3, 0.4) is 0 Å². The third-order valence-electron chi connectivity index (χ3n) is 5.40. The first-order chi connectivity index (χ1) is 16.5. The minimum Gasteiger partial charge on any atom is -0.379 e. The predicted molar refractivity (Wildman–Crippen MR) is 122 cm³/mol. The number of halogens is 2. The molecule has 0 bridgehead atoms. The van der Waals surface area contributed by atoms with E-state index in [0.717, 1.165) is 57.9 Å². The maximum absolute atomic E-state index is 13.9. The van der Waals surface area contributed by atoms with Gasteiger partial charge in [0.2, 0.25) is 5.95 Å². The summed E-state index contributed by atoms with van der Waals surface area (Å²) in [6.45, 7) is 4.95. The SMILES string of the molecule is NC(=O)c1cnc(Nc2cnn(CCCN3CCOCC3)c2)nc1NCc1c(F)cccc1F. The Bertz CT molecular complexity index is 1110. The molecule has 10 nitrogen and oxygen atoms in total. The van der Waals surface area contributed by atoms with Gasteiger partial charge < -0.3 is 21.1 Å². The van der Waals surface area contributed by atoms with E-state index >= 15 is 0 Å². The molecule has 0 saturated carbocycles. The van der Waals surface area contributed by atoms with Crippen LogP contribution in [0.25, 0.3) is 0 Å². The number of nitrogens with two attached hydrogens (primary N) is 1. The highest BCUT2D eigenvalue weighted by atomic mass is 19.1. The van der Waals surface area contributed by atoms with Gasteiger partial charge in [0.15, 0.2) is 0 Å². The fraction of sp³-hybridized carbons (Fsp3) is 0.364. The second-order valence-electron chi connectivity index (χ2n) is 7.80. The Hall–Kier alpha value is -3.64. The Morgan fingerprint density at radius 1 is 1.15 bits per heavy atom. The van der Waals surface area contributed by atoms with E-state index in [0.29, 0.717) is 5.69 Å². The van der Waals surface area contributed by atoms with Crippen LogP contribution in [0.1, 0.15) is 22.3 Å². The Labute approximate surface area is 195 Å². The summed E-state index contributed by atoms with van der Waals surface area (Å²) in [5.41, 5.74) is 5.88. The average molecular weight is 473 g/mol. The number of aromatic nitrogens is 4. The van der Waals surface area contributed by atoms with Crippen molar-refractivity contribution in [3.05, 3.63) is 59.6 Å². The summed E-state index contributed by atoms with van der Waals surface area (Å²) >= 11 is 0. The fourth-order valence-corrected chi connectivity index (χ4v) is 3.59. The zero-order chi connectivity index (χ0) is 23.9. The van der Waals surface area contributed by atoms with Crippen LogP contribution in [0.4, 0.5) is 26.2 Å². The van der Waals surface area contributed by atoms with Crippen LogP contribution < -0.4 is 16.4 Å². The maximum Gasteiger partial charge on any atom is 0.254 e. The van der Waals surface area contributed by atoms with E-state index in [2.05, 4.69) is 30.6 Å². The van der Waals surface area contributed by atoms with Crippen molar-refractivity contribution >= 4 is 23.4 Å². The second kappa shape index (κ2) is 11.0. The second-order valence-corrected chi connectivity index (χ2v) is 7.80. The molecule has 1 aromatic carbocycles. The minimum atomic E-state index is -0.767. The molecule has 1 aliphatic heterocycles. The maximum atomic E-state index is 13.9. The van der Waals surface area contributed by atoms with Crippen molar-refractivity contribution in [1.82, 2.24) is 24.6 Å². The van der Waals surface area contributed by atoms with Gasteiger partial charge in [0, 0.05) is 50.7 Å². The summed E-state index contributed by atoms with van der Waals surface area (Å²) < 4.78 is 35.1. The highest BCUT2D eigenvalue weighted by molar-refractivity contribution is 5.97. The van der Waals surface area contributed by atoms with E-state index in [4.69, 9.17) is 10.5 Å². The van der Waals surface area contributed by atoms with Crippen molar-refractivity contribution < 1.29 is 18.3 Å². The zero-order valence-electron chi connectivity index (χ0n) is 18.5. The van der Waals surface area contributed by atoms with Gasteiger partial charge in [-0.25, -0.2) is 13.8 Å². The van der Waals surface area contributed by atoms with Crippen LogP contribution in [-0.4, -0.2) is 63.4 Å². The lowest BCUT2D eigenvalue weighted by Crippen LogP contribution is -2.37. The summed E-state index contributed by atoms with van der Waals surface area (Å²) in [5.74, 6) is -1.95. The molecule has 4 rings (SSSR count). The largest absolute Gasteiger partial charge is 0.379 e.